The molecule has 1 aliphatic rings. The zero-order valence-corrected chi connectivity index (χ0v) is 16.0. The van der Waals surface area contributed by atoms with Crippen LogP contribution in [0.4, 0.5) is 5.69 Å². The fraction of sp³-hybridized carbons (Fsp3) is 0.350. The van der Waals surface area contributed by atoms with Gasteiger partial charge in [0.15, 0.2) is 11.5 Å². The minimum Gasteiger partial charge on any atom is -0.497 e. The highest BCUT2D eigenvalue weighted by atomic mass is 16.6. The van der Waals surface area contributed by atoms with Crippen LogP contribution >= 0.6 is 0 Å². The summed E-state index contributed by atoms with van der Waals surface area (Å²) in [5.74, 6) is 1.05. The van der Waals surface area contributed by atoms with E-state index in [4.69, 9.17) is 14.2 Å². The van der Waals surface area contributed by atoms with Gasteiger partial charge in [-0.15, -0.1) is 0 Å². The van der Waals surface area contributed by atoms with Crippen molar-refractivity contribution in [1.29, 1.82) is 0 Å². The molecule has 0 aliphatic carbocycles. The number of carbonyl (C=O) groups excluding carboxylic acids is 1. The molecule has 1 amide bonds. The standard InChI is InChI=1S/C20H22N2O6/c1-26-15-6-4-13(5-7-15)14-8-9-21(12-14)20(23)16-10-18(27-2)19(28-3)11-17(16)22(24)25/h4-7,10-11,14H,8-9,12H2,1-3H3. The van der Waals surface area contributed by atoms with Gasteiger partial charge in [-0.1, -0.05) is 12.1 Å². The van der Waals surface area contributed by atoms with E-state index in [2.05, 4.69) is 0 Å². The predicted molar refractivity (Wildman–Crippen MR) is 102 cm³/mol. The zero-order valence-electron chi connectivity index (χ0n) is 16.0. The van der Waals surface area contributed by atoms with Gasteiger partial charge in [0, 0.05) is 25.1 Å². The Balaban J connectivity index is 1.85. The Hall–Kier alpha value is -3.29. The molecule has 8 nitrogen and oxygen atoms in total. The van der Waals surface area contributed by atoms with Gasteiger partial charge in [-0.05, 0) is 24.1 Å². The second kappa shape index (κ2) is 8.16. The molecule has 148 valence electrons. The molecule has 0 saturated carbocycles. The number of hydrogen-bond acceptors (Lipinski definition) is 6. The van der Waals surface area contributed by atoms with Crippen molar-refractivity contribution >= 4 is 11.6 Å². The number of rotatable bonds is 6. The third-order valence-corrected chi connectivity index (χ3v) is 4.99. The van der Waals surface area contributed by atoms with Crippen LogP contribution < -0.4 is 14.2 Å². The molecule has 1 aliphatic heterocycles. The topological polar surface area (TPSA) is 91.1 Å². The quantitative estimate of drug-likeness (QED) is 0.559. The van der Waals surface area contributed by atoms with E-state index in [0.29, 0.717) is 13.1 Å². The second-order valence-electron chi connectivity index (χ2n) is 6.49. The lowest BCUT2D eigenvalue weighted by Crippen LogP contribution is -2.29. The maximum atomic E-state index is 13.0. The van der Waals surface area contributed by atoms with Gasteiger partial charge in [0.05, 0.1) is 32.3 Å². The lowest BCUT2D eigenvalue weighted by Gasteiger charge is -2.18. The van der Waals surface area contributed by atoms with Gasteiger partial charge in [0.25, 0.3) is 11.6 Å². The molecular formula is C20H22N2O6. The van der Waals surface area contributed by atoms with Crippen LogP contribution in [-0.2, 0) is 0 Å². The number of methoxy groups -OCH3 is 3. The molecule has 2 aromatic rings. The molecule has 0 bridgehead atoms. The highest BCUT2D eigenvalue weighted by Crippen LogP contribution is 2.36. The Morgan fingerprint density at radius 1 is 1.07 bits per heavy atom. The minimum atomic E-state index is -0.577. The normalized spacial score (nSPS) is 16.0. The van der Waals surface area contributed by atoms with Crippen molar-refractivity contribution in [2.75, 3.05) is 34.4 Å². The van der Waals surface area contributed by atoms with Crippen LogP contribution in [0, 0.1) is 10.1 Å². The Bertz CT molecular complexity index is 881. The maximum Gasteiger partial charge on any atom is 0.286 e. The van der Waals surface area contributed by atoms with Gasteiger partial charge in [-0.2, -0.15) is 0 Å². The molecular weight excluding hydrogens is 364 g/mol. The van der Waals surface area contributed by atoms with Crippen LogP contribution in [0.15, 0.2) is 36.4 Å². The molecule has 8 heteroatoms. The van der Waals surface area contributed by atoms with Crippen LogP contribution in [-0.4, -0.2) is 50.1 Å². The lowest BCUT2D eigenvalue weighted by atomic mass is 9.98. The maximum absolute atomic E-state index is 13.0. The van der Waals surface area contributed by atoms with E-state index >= 15 is 0 Å². The number of benzene rings is 2. The van der Waals surface area contributed by atoms with Crippen LogP contribution in [0.5, 0.6) is 17.2 Å². The number of likely N-dealkylation sites (tertiary alicyclic amines) is 1. The fourth-order valence-corrected chi connectivity index (χ4v) is 3.45. The Labute approximate surface area is 162 Å². The van der Waals surface area contributed by atoms with Crippen molar-refractivity contribution in [3.63, 3.8) is 0 Å². The third kappa shape index (κ3) is 3.71. The minimum absolute atomic E-state index is 0.00182. The van der Waals surface area contributed by atoms with E-state index in [1.54, 1.807) is 12.0 Å². The van der Waals surface area contributed by atoms with Crippen LogP contribution in [0.1, 0.15) is 28.3 Å². The highest BCUT2D eigenvalue weighted by molar-refractivity contribution is 5.99. The van der Waals surface area contributed by atoms with Crippen molar-refractivity contribution in [3.05, 3.63) is 57.6 Å². The number of nitro benzene ring substituents is 1. The fourth-order valence-electron chi connectivity index (χ4n) is 3.45. The van der Waals surface area contributed by atoms with E-state index in [1.807, 2.05) is 24.3 Å². The molecule has 28 heavy (non-hydrogen) atoms. The first kappa shape index (κ1) is 19.5. The Morgan fingerprint density at radius 2 is 1.71 bits per heavy atom. The van der Waals surface area contributed by atoms with Gasteiger partial charge in [0.2, 0.25) is 0 Å². The van der Waals surface area contributed by atoms with Crippen LogP contribution in [0.3, 0.4) is 0 Å². The second-order valence-corrected chi connectivity index (χ2v) is 6.49. The molecule has 1 fully saturated rings. The number of amides is 1. The first-order valence-electron chi connectivity index (χ1n) is 8.82. The van der Waals surface area contributed by atoms with E-state index < -0.39 is 4.92 Å². The van der Waals surface area contributed by atoms with Crippen molar-refractivity contribution in [1.82, 2.24) is 4.90 Å². The molecule has 1 unspecified atom stereocenters. The smallest absolute Gasteiger partial charge is 0.286 e. The van der Waals surface area contributed by atoms with E-state index in [9.17, 15) is 14.9 Å². The summed E-state index contributed by atoms with van der Waals surface area (Å²) in [6.07, 6.45) is 0.791. The molecule has 1 heterocycles. The first-order chi connectivity index (χ1) is 13.5. The van der Waals surface area contributed by atoms with Gasteiger partial charge >= 0.3 is 0 Å². The lowest BCUT2D eigenvalue weighted by molar-refractivity contribution is -0.385. The first-order valence-corrected chi connectivity index (χ1v) is 8.82. The monoisotopic (exact) mass is 386 g/mol. The van der Waals surface area contributed by atoms with E-state index in [1.165, 1.54) is 26.4 Å². The predicted octanol–water partition coefficient (Wildman–Crippen LogP) is 3.25. The molecule has 0 N–H and O–H groups in total. The van der Waals surface area contributed by atoms with E-state index in [-0.39, 0.29) is 34.6 Å². The van der Waals surface area contributed by atoms with Crippen molar-refractivity contribution in [2.24, 2.45) is 0 Å². The van der Waals surface area contributed by atoms with Crippen molar-refractivity contribution in [3.8, 4) is 17.2 Å². The van der Waals surface area contributed by atoms with Gasteiger partial charge < -0.3 is 19.1 Å². The third-order valence-electron chi connectivity index (χ3n) is 4.99. The number of hydrogen-bond donors (Lipinski definition) is 0. The number of carbonyl (C=O) groups is 1. The summed E-state index contributed by atoms with van der Waals surface area (Å²) in [5, 5.41) is 11.5. The van der Waals surface area contributed by atoms with Gasteiger partial charge in [-0.25, -0.2) is 0 Å². The summed E-state index contributed by atoms with van der Waals surface area (Å²) in [5.41, 5.74) is 0.812. The highest BCUT2D eigenvalue weighted by Gasteiger charge is 2.32. The molecule has 0 radical (unpaired) electrons. The molecule has 1 atom stereocenters. The Morgan fingerprint density at radius 3 is 2.29 bits per heavy atom. The summed E-state index contributed by atoms with van der Waals surface area (Å²) < 4.78 is 15.5. The average Bonchev–Trinajstić information content (AvgIpc) is 3.22. The van der Waals surface area contributed by atoms with E-state index in [0.717, 1.165) is 17.7 Å². The SMILES string of the molecule is COc1ccc(C2CCN(C(=O)c3cc(OC)c(OC)cc3[N+](=O)[O-])C2)cc1. The Kier molecular flexibility index (Phi) is 5.67. The molecule has 2 aromatic carbocycles. The summed E-state index contributed by atoms with van der Waals surface area (Å²) in [6.45, 7) is 1.03. The van der Waals surface area contributed by atoms with Crippen molar-refractivity contribution < 1.29 is 23.9 Å². The zero-order chi connectivity index (χ0) is 20.3. The van der Waals surface area contributed by atoms with Crippen molar-refractivity contribution in [2.45, 2.75) is 12.3 Å². The summed E-state index contributed by atoms with van der Waals surface area (Å²) in [6, 6.07) is 10.3. The summed E-state index contributed by atoms with van der Waals surface area (Å²) >= 11 is 0. The number of ether oxygens (including phenoxy) is 3. The molecule has 0 spiro atoms. The van der Waals surface area contributed by atoms with Crippen LogP contribution in [0.25, 0.3) is 0 Å². The van der Waals surface area contributed by atoms with Gasteiger partial charge in [0.1, 0.15) is 11.3 Å². The molecule has 3 rings (SSSR count). The largest absolute Gasteiger partial charge is 0.497 e. The number of nitrogens with zero attached hydrogens (tertiary/aromatic N) is 2. The molecule has 1 saturated heterocycles. The summed E-state index contributed by atoms with van der Waals surface area (Å²) in [7, 11) is 4.43. The summed E-state index contributed by atoms with van der Waals surface area (Å²) in [4.78, 5) is 25.6. The molecule has 0 aromatic heterocycles. The average molecular weight is 386 g/mol. The van der Waals surface area contributed by atoms with Gasteiger partial charge in [-0.3, -0.25) is 14.9 Å². The number of nitro groups is 1. The van der Waals surface area contributed by atoms with Crippen LogP contribution in [0.2, 0.25) is 0 Å².